The van der Waals surface area contributed by atoms with Crippen LogP contribution in [0.1, 0.15) is 19.3 Å². The summed E-state index contributed by atoms with van der Waals surface area (Å²) in [7, 11) is 0. The van der Waals surface area contributed by atoms with Gasteiger partial charge in [0.2, 0.25) is 6.29 Å². The number of nitrogens with two attached hydrogens (primary N) is 1. The van der Waals surface area contributed by atoms with Crippen LogP contribution in [0, 0.1) is 5.41 Å². The maximum absolute atomic E-state index is 11.0. The van der Waals surface area contributed by atoms with Gasteiger partial charge in [-0.15, -0.1) is 13.2 Å². The summed E-state index contributed by atoms with van der Waals surface area (Å²) in [5, 5.41) is 9.74. The highest BCUT2D eigenvalue weighted by Crippen LogP contribution is 2.07. The molecule has 0 fully saturated rings. The molecule has 0 rings (SSSR count). The molecule has 0 aliphatic heterocycles. The fourth-order valence-electron chi connectivity index (χ4n) is 1.66. The van der Waals surface area contributed by atoms with Gasteiger partial charge in [0.1, 0.15) is 0 Å². The third-order valence-electron chi connectivity index (χ3n) is 2.52. The van der Waals surface area contributed by atoms with Gasteiger partial charge in [-0.2, -0.15) is 0 Å². The lowest BCUT2D eigenvalue weighted by atomic mass is 10.1. The zero-order valence-electron chi connectivity index (χ0n) is 10.8. The third-order valence-corrected chi connectivity index (χ3v) is 2.52. The van der Waals surface area contributed by atoms with E-state index in [1.54, 1.807) is 12.2 Å². The minimum absolute atomic E-state index is 0.0200. The van der Waals surface area contributed by atoms with Crippen molar-refractivity contribution in [1.29, 1.82) is 5.41 Å². The second kappa shape index (κ2) is 10.5. The molecule has 18 heavy (non-hydrogen) atoms. The second-order valence-electron chi connectivity index (χ2n) is 4.00. The molecule has 4 N–H and O–H groups in total. The quantitative estimate of drug-likeness (QED) is 0.219. The molecule has 0 spiro atoms. The Morgan fingerprint density at radius 1 is 1.39 bits per heavy atom. The molecule has 0 saturated heterocycles. The van der Waals surface area contributed by atoms with Crippen LogP contribution in [0.25, 0.3) is 0 Å². The number of carbonyl (C=O) groups excluding carboxylic acids is 1. The third kappa shape index (κ3) is 7.62. The molecule has 0 unspecified atom stereocenters. The largest absolute Gasteiger partial charge is 0.370 e. The molecule has 0 saturated carbocycles. The van der Waals surface area contributed by atoms with Gasteiger partial charge < -0.3 is 11.1 Å². The lowest BCUT2D eigenvalue weighted by Gasteiger charge is -2.24. The van der Waals surface area contributed by atoms with E-state index in [0.29, 0.717) is 19.6 Å². The van der Waals surface area contributed by atoms with Gasteiger partial charge in [-0.3, -0.25) is 15.1 Å². The molecule has 1 atom stereocenters. The van der Waals surface area contributed by atoms with Gasteiger partial charge in [-0.1, -0.05) is 12.2 Å². The Morgan fingerprint density at radius 3 is 2.44 bits per heavy atom. The molecule has 0 bridgehead atoms. The number of unbranched alkanes of at least 4 members (excludes halogenated alkanes) is 1. The first-order chi connectivity index (χ1) is 8.65. The monoisotopic (exact) mass is 251 g/mol. The van der Waals surface area contributed by atoms with Crippen molar-refractivity contribution < 1.29 is 4.79 Å². The van der Waals surface area contributed by atoms with Crippen LogP contribution in [-0.4, -0.2) is 42.8 Å². The van der Waals surface area contributed by atoms with Gasteiger partial charge in [0.05, 0.1) is 6.04 Å². The summed E-state index contributed by atoms with van der Waals surface area (Å²) in [6.07, 6.45) is 8.09. The maximum Gasteiger partial charge on any atom is 0.217 e. The van der Waals surface area contributed by atoms with Crippen LogP contribution >= 0.6 is 0 Å². The topological polar surface area (TPSA) is 82.2 Å². The van der Waals surface area contributed by atoms with E-state index < -0.39 is 0 Å². The van der Waals surface area contributed by atoms with Crippen LogP contribution in [0.15, 0.2) is 25.3 Å². The molecule has 0 aromatic rings. The summed E-state index contributed by atoms with van der Waals surface area (Å²) < 4.78 is 0. The van der Waals surface area contributed by atoms with E-state index in [1.165, 1.54) is 0 Å². The van der Waals surface area contributed by atoms with Crippen molar-refractivity contribution in [3.05, 3.63) is 25.3 Å². The molecule has 0 aromatic heterocycles. The fourth-order valence-corrected chi connectivity index (χ4v) is 1.66. The normalized spacial score (nSPS) is 11.8. The van der Waals surface area contributed by atoms with E-state index in [2.05, 4.69) is 24.8 Å². The Kier molecular flexibility index (Phi) is 9.58. The van der Waals surface area contributed by atoms with E-state index in [4.69, 9.17) is 11.1 Å². The first kappa shape index (κ1) is 16.4. The molecular weight excluding hydrogens is 228 g/mol. The van der Waals surface area contributed by atoms with Crippen LogP contribution in [0.2, 0.25) is 0 Å². The van der Waals surface area contributed by atoms with E-state index >= 15 is 0 Å². The van der Waals surface area contributed by atoms with Gasteiger partial charge in [0.25, 0.3) is 0 Å². The van der Waals surface area contributed by atoms with E-state index in [0.717, 1.165) is 19.3 Å². The standard InChI is InChI=1S/C13H23N4O/c1-3-9-17(10-4-2)12(11-18)7-5-6-8-16-13(14)15/h3-4,12H,1-2,5-10H2,(H4,14,15,16)/t12-/m0/s1. The second-order valence-corrected chi connectivity index (χ2v) is 4.00. The molecule has 0 heterocycles. The zero-order chi connectivity index (χ0) is 13.8. The van der Waals surface area contributed by atoms with Crippen molar-refractivity contribution in [3.8, 4) is 0 Å². The minimum atomic E-state index is -0.224. The summed E-state index contributed by atoms with van der Waals surface area (Å²) in [4.78, 5) is 12.9. The molecule has 5 nitrogen and oxygen atoms in total. The zero-order valence-corrected chi connectivity index (χ0v) is 10.8. The summed E-state index contributed by atoms with van der Waals surface area (Å²) in [6.45, 7) is 9.31. The van der Waals surface area contributed by atoms with E-state index in [1.807, 2.05) is 4.90 Å². The molecule has 5 heteroatoms. The first-order valence-corrected chi connectivity index (χ1v) is 6.07. The van der Waals surface area contributed by atoms with Crippen LogP contribution in [0.4, 0.5) is 0 Å². The maximum atomic E-state index is 11.0. The van der Waals surface area contributed by atoms with Crippen LogP contribution in [-0.2, 0) is 4.79 Å². The van der Waals surface area contributed by atoms with Crippen molar-refractivity contribution in [2.24, 2.45) is 5.73 Å². The Morgan fingerprint density at radius 2 is 2.00 bits per heavy atom. The molecule has 0 amide bonds. The van der Waals surface area contributed by atoms with Gasteiger partial charge in [0, 0.05) is 19.6 Å². The van der Waals surface area contributed by atoms with Gasteiger partial charge >= 0.3 is 0 Å². The Hall–Kier alpha value is -1.62. The Bertz CT molecular complexity index is 268. The highest BCUT2D eigenvalue weighted by molar-refractivity contribution is 5.74. The SMILES string of the molecule is C=CCN(CC=C)[C@H]([C]=O)CCCCNC(=N)N. The number of guanidine groups is 1. The number of nitrogens with zero attached hydrogens (tertiary/aromatic N) is 1. The van der Waals surface area contributed by atoms with Crippen LogP contribution < -0.4 is 11.1 Å². The van der Waals surface area contributed by atoms with Crippen molar-refractivity contribution in [2.75, 3.05) is 19.6 Å². The molecule has 1 radical (unpaired) electrons. The molecule has 0 aliphatic rings. The summed E-state index contributed by atoms with van der Waals surface area (Å²) >= 11 is 0. The van der Waals surface area contributed by atoms with Gasteiger partial charge in [0.15, 0.2) is 5.96 Å². The van der Waals surface area contributed by atoms with E-state index in [9.17, 15) is 4.79 Å². The first-order valence-electron chi connectivity index (χ1n) is 6.07. The predicted octanol–water partition coefficient (Wildman–Crippen LogP) is 0.792. The minimum Gasteiger partial charge on any atom is -0.370 e. The molecule has 0 aliphatic carbocycles. The summed E-state index contributed by atoms with van der Waals surface area (Å²) in [5.41, 5.74) is 5.17. The van der Waals surface area contributed by atoms with Gasteiger partial charge in [-0.25, -0.2) is 0 Å². The Balaban J connectivity index is 3.98. The van der Waals surface area contributed by atoms with E-state index in [-0.39, 0.29) is 12.0 Å². The predicted molar refractivity (Wildman–Crippen MR) is 75.2 cm³/mol. The average Bonchev–Trinajstić information content (AvgIpc) is 2.33. The van der Waals surface area contributed by atoms with Gasteiger partial charge in [-0.05, 0) is 19.3 Å². The van der Waals surface area contributed by atoms with Crippen molar-refractivity contribution in [3.63, 3.8) is 0 Å². The average molecular weight is 251 g/mol. The van der Waals surface area contributed by atoms with Crippen LogP contribution in [0.3, 0.4) is 0 Å². The molecule has 101 valence electrons. The smallest absolute Gasteiger partial charge is 0.217 e. The molecule has 0 aromatic carbocycles. The summed E-state index contributed by atoms with van der Waals surface area (Å²) in [5.74, 6) is -0.0200. The number of hydrogen-bond acceptors (Lipinski definition) is 3. The molecular formula is C13H23N4O. The van der Waals surface area contributed by atoms with Crippen LogP contribution in [0.5, 0.6) is 0 Å². The van der Waals surface area contributed by atoms with Crippen molar-refractivity contribution in [2.45, 2.75) is 25.3 Å². The lowest BCUT2D eigenvalue weighted by Crippen LogP contribution is -2.37. The lowest BCUT2D eigenvalue weighted by molar-refractivity contribution is 0.272. The highest BCUT2D eigenvalue weighted by atomic mass is 16.1. The number of rotatable bonds is 11. The number of hydrogen-bond donors (Lipinski definition) is 3. The highest BCUT2D eigenvalue weighted by Gasteiger charge is 2.15. The van der Waals surface area contributed by atoms with Crippen molar-refractivity contribution in [1.82, 2.24) is 10.2 Å². The summed E-state index contributed by atoms with van der Waals surface area (Å²) in [6, 6.07) is -0.224. The Labute approximate surface area is 109 Å². The van der Waals surface area contributed by atoms with Crippen molar-refractivity contribution >= 4 is 12.2 Å². The fraction of sp³-hybridized carbons (Fsp3) is 0.538. The number of nitrogens with one attached hydrogen (secondary N) is 2.